The normalized spacial score (nSPS) is 14.5. The summed E-state index contributed by atoms with van der Waals surface area (Å²) in [7, 11) is 1.86. The maximum Gasteiger partial charge on any atom is 0.307 e. The van der Waals surface area contributed by atoms with Crippen molar-refractivity contribution in [2.45, 2.75) is 73.3 Å². The van der Waals surface area contributed by atoms with Gasteiger partial charge >= 0.3 is 5.97 Å². The van der Waals surface area contributed by atoms with Gasteiger partial charge in [-0.25, -0.2) is 0 Å². The number of likely N-dealkylation sites (tertiary alicyclic amines) is 1. The van der Waals surface area contributed by atoms with Crippen LogP contribution in [-0.4, -0.2) is 96.3 Å². The van der Waals surface area contributed by atoms with E-state index in [4.69, 9.17) is 9.84 Å². The van der Waals surface area contributed by atoms with Crippen LogP contribution in [0.15, 0.2) is 24.3 Å². The maximum atomic E-state index is 12.8. The molecule has 0 bridgehead atoms. The summed E-state index contributed by atoms with van der Waals surface area (Å²) in [6, 6.07) is 6.68. The molecule has 9 heteroatoms. The minimum absolute atomic E-state index is 0.00562. The molecule has 1 fully saturated rings. The van der Waals surface area contributed by atoms with E-state index in [1.165, 1.54) is 6.92 Å². The molecule has 1 aliphatic heterocycles. The van der Waals surface area contributed by atoms with Gasteiger partial charge in [-0.15, -0.1) is 0 Å². The Kier molecular flexibility index (Phi) is 16.2. The molecule has 0 aromatic heterocycles. The van der Waals surface area contributed by atoms with Crippen LogP contribution in [0.3, 0.4) is 0 Å². The third-order valence-corrected chi connectivity index (χ3v) is 6.53. The molecule has 0 radical (unpaired) electrons. The first kappa shape index (κ1) is 35.1. The lowest BCUT2D eigenvalue weighted by Crippen LogP contribution is -2.47. The van der Waals surface area contributed by atoms with Crippen LogP contribution in [-0.2, 0) is 25.6 Å². The van der Waals surface area contributed by atoms with Gasteiger partial charge in [0.1, 0.15) is 12.0 Å². The highest BCUT2D eigenvalue weighted by Crippen LogP contribution is 2.20. The highest BCUT2D eigenvalue weighted by Gasteiger charge is 2.25. The number of nitrogens with zero attached hydrogens (tertiary/aromatic N) is 3. The number of rotatable bonds is 14. The average Bonchev–Trinajstić information content (AvgIpc) is 2.87. The topological polar surface area (TPSA) is 107 Å². The van der Waals surface area contributed by atoms with Crippen molar-refractivity contribution in [1.29, 1.82) is 0 Å². The Hall–Kier alpha value is -2.94. The number of ether oxygens (including phenoxy) is 1. The number of aliphatic carboxylic acids is 1. The molecule has 9 nitrogen and oxygen atoms in total. The molecule has 40 heavy (non-hydrogen) atoms. The fourth-order valence-electron chi connectivity index (χ4n) is 4.43. The second-order valence-electron chi connectivity index (χ2n) is 11.9. The van der Waals surface area contributed by atoms with E-state index in [1.54, 1.807) is 29.2 Å². The molecule has 2 amide bonds. The van der Waals surface area contributed by atoms with Crippen molar-refractivity contribution in [3.05, 3.63) is 29.8 Å². The van der Waals surface area contributed by atoms with Crippen LogP contribution < -0.4 is 4.74 Å². The summed E-state index contributed by atoms with van der Waals surface area (Å²) in [5.74, 6) is 1.29. The van der Waals surface area contributed by atoms with Crippen LogP contribution in [0, 0.1) is 17.8 Å². The van der Waals surface area contributed by atoms with Crippen LogP contribution >= 0.6 is 0 Å². The van der Waals surface area contributed by atoms with Crippen molar-refractivity contribution in [3.63, 3.8) is 0 Å². The van der Waals surface area contributed by atoms with Gasteiger partial charge in [0.05, 0.1) is 25.6 Å². The van der Waals surface area contributed by atoms with Crippen molar-refractivity contribution in [2.24, 2.45) is 17.8 Å². The minimum atomic E-state index is -0.859. The van der Waals surface area contributed by atoms with Gasteiger partial charge in [-0.1, -0.05) is 46.8 Å². The second kappa shape index (κ2) is 18.4. The van der Waals surface area contributed by atoms with Crippen LogP contribution in [0.5, 0.6) is 5.75 Å². The number of amides is 2. The van der Waals surface area contributed by atoms with Gasteiger partial charge in [0.25, 0.3) is 0 Å². The fraction of sp³-hybridized carbons (Fsp3) is 0.677. The first-order valence-electron chi connectivity index (χ1n) is 14.4. The van der Waals surface area contributed by atoms with E-state index in [0.29, 0.717) is 56.8 Å². The summed E-state index contributed by atoms with van der Waals surface area (Å²) in [5, 5.41) is 8.85. The van der Waals surface area contributed by atoms with Crippen molar-refractivity contribution < 1.29 is 29.0 Å². The molecule has 1 saturated heterocycles. The summed E-state index contributed by atoms with van der Waals surface area (Å²) in [6.07, 6.45) is 3.19. The molecule has 1 atom stereocenters. The van der Waals surface area contributed by atoms with E-state index in [0.717, 1.165) is 30.6 Å². The molecule has 0 saturated carbocycles. The molecule has 1 aliphatic rings. The highest BCUT2D eigenvalue weighted by molar-refractivity contribution is 5.78. The number of carboxylic acids is 1. The summed E-state index contributed by atoms with van der Waals surface area (Å²) < 4.78 is 5.88. The van der Waals surface area contributed by atoms with Crippen LogP contribution in [0.2, 0.25) is 0 Å². The SMILES string of the molecule is CC(=O)N(CCN(C)CC(=O)N1CCC(COc2ccc(CC(=O)O)cc2)CC1)C(C=O)CC(C)C.CC(C)C. The molecular weight excluding hydrogens is 510 g/mol. The number of carboxylic acid groups (broad SMARTS) is 1. The van der Waals surface area contributed by atoms with Crippen molar-refractivity contribution >= 4 is 24.1 Å². The molecule has 226 valence electrons. The van der Waals surface area contributed by atoms with Crippen molar-refractivity contribution in [2.75, 3.05) is 46.4 Å². The molecular formula is C31H51N3O6. The molecule has 0 aliphatic carbocycles. The third-order valence-electron chi connectivity index (χ3n) is 6.53. The third kappa shape index (κ3) is 14.4. The average molecular weight is 562 g/mol. The zero-order chi connectivity index (χ0) is 30.2. The lowest BCUT2D eigenvalue weighted by Gasteiger charge is -2.33. The summed E-state index contributed by atoms with van der Waals surface area (Å²) in [4.78, 5) is 52.5. The number of aldehydes is 1. The Labute approximate surface area is 240 Å². The van der Waals surface area contributed by atoms with Gasteiger partial charge in [-0.05, 0) is 61.8 Å². The largest absolute Gasteiger partial charge is 0.493 e. The lowest BCUT2D eigenvalue weighted by atomic mass is 9.97. The van der Waals surface area contributed by atoms with E-state index in [2.05, 4.69) is 20.8 Å². The summed E-state index contributed by atoms with van der Waals surface area (Å²) >= 11 is 0. The monoisotopic (exact) mass is 561 g/mol. The Bertz CT molecular complexity index is 907. The van der Waals surface area contributed by atoms with Gasteiger partial charge in [0.2, 0.25) is 11.8 Å². The number of carbonyl (C=O) groups is 4. The van der Waals surface area contributed by atoms with E-state index in [-0.39, 0.29) is 24.8 Å². The number of carbonyl (C=O) groups excluding carboxylic acids is 3. The Morgan fingerprint density at radius 1 is 1.05 bits per heavy atom. The number of hydrogen-bond donors (Lipinski definition) is 1. The van der Waals surface area contributed by atoms with Gasteiger partial charge in [-0.2, -0.15) is 0 Å². The Balaban J connectivity index is 0.00000187. The van der Waals surface area contributed by atoms with E-state index >= 15 is 0 Å². The van der Waals surface area contributed by atoms with E-state index in [9.17, 15) is 19.2 Å². The van der Waals surface area contributed by atoms with Crippen molar-refractivity contribution in [3.8, 4) is 5.75 Å². The number of piperidine rings is 1. The molecule has 0 spiro atoms. The van der Waals surface area contributed by atoms with Crippen LogP contribution in [0.25, 0.3) is 0 Å². The van der Waals surface area contributed by atoms with E-state index in [1.807, 2.05) is 30.7 Å². The van der Waals surface area contributed by atoms with Gasteiger partial charge in [-0.3, -0.25) is 19.3 Å². The summed E-state index contributed by atoms with van der Waals surface area (Å²) in [5.41, 5.74) is 0.736. The zero-order valence-corrected chi connectivity index (χ0v) is 25.6. The maximum absolute atomic E-state index is 12.8. The lowest BCUT2D eigenvalue weighted by molar-refractivity contribution is -0.136. The molecule has 1 aromatic carbocycles. The molecule has 1 heterocycles. The number of hydrogen-bond acceptors (Lipinski definition) is 6. The standard InChI is InChI=1S/C27H41N3O6.C4H10/c1-20(2)15-24(18-31)30(21(3)32)14-13-28(4)17-26(33)29-11-9-23(10-12-29)19-36-25-7-5-22(6-8-25)16-27(34)35;1-4(2)3/h5-8,18,20,23-24H,9-17,19H2,1-4H3,(H,34,35);4H,1-3H3. The predicted octanol–water partition coefficient (Wildman–Crippen LogP) is 3.99. The Morgan fingerprint density at radius 2 is 1.62 bits per heavy atom. The smallest absolute Gasteiger partial charge is 0.307 e. The first-order valence-corrected chi connectivity index (χ1v) is 14.4. The number of likely N-dealkylation sites (N-methyl/N-ethyl adjacent to an activating group) is 1. The minimum Gasteiger partial charge on any atom is -0.493 e. The summed E-state index contributed by atoms with van der Waals surface area (Å²) in [6.45, 7) is 15.1. The van der Waals surface area contributed by atoms with Crippen LogP contribution in [0.1, 0.15) is 66.4 Å². The number of benzene rings is 1. The second-order valence-corrected chi connectivity index (χ2v) is 11.9. The van der Waals surface area contributed by atoms with Gasteiger partial charge < -0.3 is 24.4 Å². The van der Waals surface area contributed by atoms with Crippen molar-refractivity contribution in [1.82, 2.24) is 14.7 Å². The molecule has 1 aromatic rings. The molecule has 2 rings (SSSR count). The molecule has 1 unspecified atom stereocenters. The Morgan fingerprint density at radius 3 is 2.10 bits per heavy atom. The zero-order valence-electron chi connectivity index (χ0n) is 25.6. The quantitative estimate of drug-likeness (QED) is 0.342. The van der Waals surface area contributed by atoms with Crippen LogP contribution in [0.4, 0.5) is 0 Å². The van der Waals surface area contributed by atoms with Gasteiger partial charge in [0.15, 0.2) is 0 Å². The first-order chi connectivity index (χ1) is 18.8. The molecule has 1 N–H and O–H groups in total. The fourth-order valence-corrected chi connectivity index (χ4v) is 4.43. The highest BCUT2D eigenvalue weighted by atomic mass is 16.5. The van der Waals surface area contributed by atoms with Gasteiger partial charge in [0, 0.05) is 33.1 Å². The van der Waals surface area contributed by atoms with E-state index < -0.39 is 12.0 Å². The predicted molar refractivity (Wildman–Crippen MR) is 157 cm³/mol.